The van der Waals surface area contributed by atoms with Gasteiger partial charge >= 0.3 is 5.97 Å². The van der Waals surface area contributed by atoms with Crippen LogP contribution in [0.5, 0.6) is 0 Å². The van der Waals surface area contributed by atoms with Crippen molar-refractivity contribution in [3.63, 3.8) is 0 Å². The van der Waals surface area contributed by atoms with E-state index in [1.807, 2.05) is 17.5 Å². The number of imidazole rings is 1. The van der Waals surface area contributed by atoms with Crippen LogP contribution in [0.2, 0.25) is 0 Å². The number of hydrogen-bond acceptors (Lipinski definition) is 5. The van der Waals surface area contributed by atoms with Gasteiger partial charge in [0.1, 0.15) is 10.9 Å². The maximum Gasteiger partial charge on any atom is 0.357 e. The summed E-state index contributed by atoms with van der Waals surface area (Å²) in [6, 6.07) is 4.01. The minimum Gasteiger partial charge on any atom is -0.461 e. The Balaban J connectivity index is 2.21. The number of nitrogens with zero attached hydrogens (tertiary/aromatic N) is 1. The van der Waals surface area contributed by atoms with E-state index < -0.39 is 0 Å². The molecule has 0 aromatic carbocycles. The van der Waals surface area contributed by atoms with Gasteiger partial charge in [-0.25, -0.2) is 9.78 Å². The fraction of sp³-hybridized carbons (Fsp3) is 0.429. The number of unbranched alkanes of at least 4 members (excludes halogenated alkanes) is 1. The number of rotatable bonds is 7. The van der Waals surface area contributed by atoms with Crippen molar-refractivity contribution in [3.8, 4) is 0 Å². The first kappa shape index (κ1) is 15.1. The Morgan fingerprint density at radius 1 is 1.50 bits per heavy atom. The second-order valence-corrected chi connectivity index (χ2v) is 6.46. The van der Waals surface area contributed by atoms with Crippen molar-refractivity contribution < 1.29 is 9.53 Å². The SMILES string of the molecule is CCCCc1nc(Sc2cccs2)c(C(=O)OCC)[nH]1. The van der Waals surface area contributed by atoms with Crippen LogP contribution in [0, 0.1) is 0 Å². The molecule has 0 unspecified atom stereocenters. The third-order valence-corrected chi connectivity index (χ3v) is 4.68. The lowest BCUT2D eigenvalue weighted by Crippen LogP contribution is -2.06. The predicted octanol–water partition coefficient (Wildman–Crippen LogP) is 4.14. The third-order valence-electron chi connectivity index (χ3n) is 2.66. The Labute approximate surface area is 127 Å². The number of esters is 1. The van der Waals surface area contributed by atoms with Crippen molar-refractivity contribution in [3.05, 3.63) is 29.0 Å². The molecule has 0 aliphatic rings. The summed E-state index contributed by atoms with van der Waals surface area (Å²) in [6.07, 6.45) is 3.01. The molecule has 0 atom stereocenters. The highest BCUT2D eigenvalue weighted by Gasteiger charge is 2.19. The smallest absolute Gasteiger partial charge is 0.357 e. The zero-order valence-electron chi connectivity index (χ0n) is 11.6. The summed E-state index contributed by atoms with van der Waals surface area (Å²) < 4.78 is 6.20. The fourth-order valence-electron chi connectivity index (χ4n) is 1.70. The highest BCUT2D eigenvalue weighted by Crippen LogP contribution is 2.32. The molecule has 0 radical (unpaired) electrons. The highest BCUT2D eigenvalue weighted by molar-refractivity contribution is 8.01. The number of H-pyrrole nitrogens is 1. The second-order valence-electron chi connectivity index (χ2n) is 4.22. The van der Waals surface area contributed by atoms with Crippen molar-refractivity contribution in [2.45, 2.75) is 42.3 Å². The maximum absolute atomic E-state index is 12.0. The summed E-state index contributed by atoms with van der Waals surface area (Å²) in [5.74, 6) is 0.524. The van der Waals surface area contributed by atoms with Crippen molar-refractivity contribution in [1.29, 1.82) is 0 Å². The number of ether oxygens (including phenoxy) is 1. The Kier molecular flexibility index (Phi) is 5.67. The summed E-state index contributed by atoms with van der Waals surface area (Å²) >= 11 is 3.14. The molecule has 1 N–H and O–H groups in total. The lowest BCUT2D eigenvalue weighted by atomic mass is 10.2. The molecule has 0 amide bonds. The zero-order chi connectivity index (χ0) is 14.4. The molecule has 4 nitrogen and oxygen atoms in total. The molecular formula is C14H18N2O2S2. The first-order chi connectivity index (χ1) is 9.74. The third kappa shape index (κ3) is 3.86. The molecular weight excluding hydrogens is 292 g/mol. The van der Waals surface area contributed by atoms with E-state index in [0.29, 0.717) is 17.3 Å². The van der Waals surface area contributed by atoms with Gasteiger partial charge in [-0.3, -0.25) is 0 Å². The Morgan fingerprint density at radius 3 is 3.00 bits per heavy atom. The molecule has 0 spiro atoms. The van der Waals surface area contributed by atoms with Crippen LogP contribution in [-0.2, 0) is 11.2 Å². The quantitative estimate of drug-likeness (QED) is 0.781. The van der Waals surface area contributed by atoms with E-state index in [9.17, 15) is 4.79 Å². The molecule has 0 saturated heterocycles. The van der Waals surface area contributed by atoms with Gasteiger partial charge in [-0.05, 0) is 24.8 Å². The number of aromatic nitrogens is 2. The lowest BCUT2D eigenvalue weighted by Gasteiger charge is -2.00. The topological polar surface area (TPSA) is 55.0 Å². The van der Waals surface area contributed by atoms with Gasteiger partial charge in [0.25, 0.3) is 0 Å². The minimum atomic E-state index is -0.332. The molecule has 2 rings (SSSR count). The average Bonchev–Trinajstić information content (AvgIpc) is 3.07. The van der Waals surface area contributed by atoms with Gasteiger partial charge in [0.15, 0.2) is 5.69 Å². The molecule has 2 aromatic rings. The van der Waals surface area contributed by atoms with Crippen LogP contribution in [0.3, 0.4) is 0 Å². The van der Waals surface area contributed by atoms with Gasteiger partial charge in [-0.2, -0.15) is 0 Å². The van der Waals surface area contributed by atoms with Gasteiger partial charge in [0.2, 0.25) is 0 Å². The van der Waals surface area contributed by atoms with Crippen LogP contribution in [0.15, 0.2) is 26.7 Å². The molecule has 108 valence electrons. The molecule has 0 bridgehead atoms. The van der Waals surface area contributed by atoms with Gasteiger partial charge < -0.3 is 9.72 Å². The van der Waals surface area contributed by atoms with Crippen molar-refractivity contribution in [2.75, 3.05) is 6.61 Å². The largest absolute Gasteiger partial charge is 0.461 e. The van der Waals surface area contributed by atoms with E-state index in [1.54, 1.807) is 18.3 Å². The number of aryl methyl sites for hydroxylation is 1. The zero-order valence-corrected chi connectivity index (χ0v) is 13.3. The predicted molar refractivity (Wildman–Crippen MR) is 81.6 cm³/mol. The van der Waals surface area contributed by atoms with Gasteiger partial charge in [-0.15, -0.1) is 11.3 Å². The van der Waals surface area contributed by atoms with E-state index in [4.69, 9.17) is 4.74 Å². The van der Waals surface area contributed by atoms with E-state index in [-0.39, 0.29) is 5.97 Å². The van der Waals surface area contributed by atoms with Crippen LogP contribution >= 0.6 is 23.1 Å². The molecule has 2 heterocycles. The monoisotopic (exact) mass is 310 g/mol. The van der Waals surface area contributed by atoms with Crippen LogP contribution in [0.25, 0.3) is 0 Å². The minimum absolute atomic E-state index is 0.332. The van der Waals surface area contributed by atoms with E-state index in [2.05, 4.69) is 16.9 Å². The number of hydrogen-bond donors (Lipinski definition) is 1. The molecule has 6 heteroatoms. The number of carbonyl (C=O) groups excluding carboxylic acids is 1. The average molecular weight is 310 g/mol. The van der Waals surface area contributed by atoms with Gasteiger partial charge in [0.05, 0.1) is 10.8 Å². The van der Waals surface area contributed by atoms with Crippen molar-refractivity contribution >= 4 is 29.1 Å². The number of nitrogens with one attached hydrogen (secondary N) is 1. The fourth-order valence-corrected chi connectivity index (χ4v) is 3.47. The van der Waals surface area contributed by atoms with Crippen LogP contribution < -0.4 is 0 Å². The van der Waals surface area contributed by atoms with E-state index in [0.717, 1.165) is 29.3 Å². The first-order valence-corrected chi connectivity index (χ1v) is 8.41. The lowest BCUT2D eigenvalue weighted by molar-refractivity contribution is 0.0515. The van der Waals surface area contributed by atoms with Crippen molar-refractivity contribution in [2.24, 2.45) is 0 Å². The highest BCUT2D eigenvalue weighted by atomic mass is 32.2. The first-order valence-electron chi connectivity index (χ1n) is 6.72. The van der Waals surface area contributed by atoms with E-state index >= 15 is 0 Å². The molecule has 2 aromatic heterocycles. The molecule has 0 aliphatic carbocycles. The number of thiophene rings is 1. The number of aromatic amines is 1. The van der Waals surface area contributed by atoms with Crippen LogP contribution in [-0.4, -0.2) is 22.5 Å². The van der Waals surface area contributed by atoms with Crippen LogP contribution in [0.1, 0.15) is 43.0 Å². The van der Waals surface area contributed by atoms with Gasteiger partial charge in [0, 0.05) is 6.42 Å². The number of carbonyl (C=O) groups is 1. The standard InChI is InChI=1S/C14H18N2O2S2/c1-3-5-7-10-15-12(14(17)18-4-2)13(16-10)20-11-8-6-9-19-11/h6,8-9H,3-5,7H2,1-2H3,(H,15,16). The van der Waals surface area contributed by atoms with Crippen molar-refractivity contribution in [1.82, 2.24) is 9.97 Å². The molecule has 0 fully saturated rings. The summed E-state index contributed by atoms with van der Waals surface area (Å²) in [5.41, 5.74) is 0.469. The Hall–Kier alpha value is -1.27. The molecule has 0 aliphatic heterocycles. The summed E-state index contributed by atoms with van der Waals surface area (Å²) in [5, 5.41) is 2.72. The molecule has 0 saturated carbocycles. The maximum atomic E-state index is 12.0. The second kappa shape index (κ2) is 7.50. The summed E-state index contributed by atoms with van der Waals surface area (Å²) in [6.45, 7) is 4.31. The van der Waals surface area contributed by atoms with Gasteiger partial charge in [-0.1, -0.05) is 31.2 Å². The van der Waals surface area contributed by atoms with E-state index in [1.165, 1.54) is 11.8 Å². The van der Waals surface area contributed by atoms with Crippen LogP contribution in [0.4, 0.5) is 0 Å². The normalized spacial score (nSPS) is 10.7. The summed E-state index contributed by atoms with van der Waals surface area (Å²) in [4.78, 5) is 19.6. The Bertz CT molecular complexity index is 550. The summed E-state index contributed by atoms with van der Waals surface area (Å²) in [7, 11) is 0. The molecule has 20 heavy (non-hydrogen) atoms. The Morgan fingerprint density at radius 2 is 2.35 bits per heavy atom.